The number of carbonyl (C=O) groups excluding carboxylic acids is 1. The van der Waals surface area contributed by atoms with Crippen LogP contribution in [0.2, 0.25) is 0 Å². The van der Waals surface area contributed by atoms with Crippen LogP contribution in [0.15, 0.2) is 12.1 Å². The van der Waals surface area contributed by atoms with E-state index in [2.05, 4.69) is 36.4 Å². The minimum Gasteiger partial charge on any atom is -0.385 e. The number of aldehydes is 1. The lowest BCUT2D eigenvalue weighted by molar-refractivity contribution is -0.112. The van der Waals surface area contributed by atoms with Crippen molar-refractivity contribution in [3.8, 4) is 0 Å². The molecule has 152 valence electrons. The number of hydrogen-bond acceptors (Lipinski definition) is 5. The lowest BCUT2D eigenvalue weighted by Gasteiger charge is -2.33. The Balaban J connectivity index is 0.000000167. The van der Waals surface area contributed by atoms with Crippen molar-refractivity contribution >= 4 is 17.8 Å². The number of nitrogen functional groups attached to an aromatic ring is 1. The van der Waals surface area contributed by atoms with Crippen molar-refractivity contribution in [1.29, 1.82) is 0 Å². The highest BCUT2D eigenvalue weighted by Gasteiger charge is 2.32. The van der Waals surface area contributed by atoms with Crippen molar-refractivity contribution in [3.63, 3.8) is 0 Å². The lowest BCUT2D eigenvalue weighted by atomic mass is 9.76. The number of benzene rings is 1. The average molecular weight is 384 g/mol. The number of aryl methyl sites for hydroxylation is 4. The molecule has 2 heterocycles. The molecule has 0 fully saturated rings. The Kier molecular flexibility index (Phi) is 5.79. The summed E-state index contributed by atoms with van der Waals surface area (Å²) in [4.78, 5) is 11.3. The molecule has 2 aliphatic rings. The molecule has 0 bridgehead atoms. The first kappa shape index (κ1) is 20.4. The molecule has 0 radical (unpaired) electrons. The summed E-state index contributed by atoms with van der Waals surface area (Å²) < 4.78 is 1.74. The van der Waals surface area contributed by atoms with Crippen LogP contribution in [0.4, 0.5) is 11.5 Å². The van der Waals surface area contributed by atoms with Crippen molar-refractivity contribution < 1.29 is 4.79 Å². The average Bonchev–Trinajstić information content (AvgIpc) is 2.97. The van der Waals surface area contributed by atoms with E-state index in [0.717, 1.165) is 67.7 Å². The van der Waals surface area contributed by atoms with Gasteiger partial charge in [-0.05, 0) is 62.6 Å². The van der Waals surface area contributed by atoms with Crippen molar-refractivity contribution in [2.45, 2.75) is 64.3 Å². The molecule has 1 aliphatic carbocycles. The number of nitrogens with two attached hydrogens (primary N) is 2. The molecule has 5 N–H and O–H groups in total. The van der Waals surface area contributed by atoms with E-state index in [1.165, 1.54) is 16.7 Å². The SMILES string of the molecule is CCc1cc(C)c2c(c1)C(C)(C=O)CCN2.Cn1nc2c(c1N)CC(N)CC2. The highest BCUT2D eigenvalue weighted by atomic mass is 16.1. The van der Waals surface area contributed by atoms with Crippen LogP contribution in [0.3, 0.4) is 0 Å². The van der Waals surface area contributed by atoms with Gasteiger partial charge in [-0.1, -0.05) is 19.1 Å². The highest BCUT2D eigenvalue weighted by molar-refractivity contribution is 5.76. The monoisotopic (exact) mass is 383 g/mol. The van der Waals surface area contributed by atoms with Crippen molar-refractivity contribution in [2.75, 3.05) is 17.6 Å². The predicted octanol–water partition coefficient (Wildman–Crippen LogP) is 2.65. The van der Waals surface area contributed by atoms with Crippen molar-refractivity contribution in [1.82, 2.24) is 9.78 Å². The summed E-state index contributed by atoms with van der Waals surface area (Å²) in [5.74, 6) is 0.778. The Labute approximate surface area is 167 Å². The third-order valence-corrected chi connectivity index (χ3v) is 6.12. The van der Waals surface area contributed by atoms with Crippen LogP contribution in [0.1, 0.15) is 54.6 Å². The molecule has 1 aliphatic heterocycles. The van der Waals surface area contributed by atoms with Gasteiger partial charge in [0.05, 0.1) is 11.1 Å². The van der Waals surface area contributed by atoms with E-state index in [1.54, 1.807) is 4.68 Å². The first-order chi connectivity index (χ1) is 13.3. The summed E-state index contributed by atoms with van der Waals surface area (Å²) in [6.45, 7) is 7.18. The van der Waals surface area contributed by atoms with Crippen molar-refractivity contribution in [2.24, 2.45) is 12.8 Å². The number of aromatic nitrogens is 2. The Morgan fingerprint density at radius 3 is 2.86 bits per heavy atom. The van der Waals surface area contributed by atoms with Crippen LogP contribution in [-0.4, -0.2) is 28.7 Å². The largest absolute Gasteiger partial charge is 0.385 e. The molecule has 2 atom stereocenters. The van der Waals surface area contributed by atoms with Gasteiger partial charge >= 0.3 is 0 Å². The third-order valence-electron chi connectivity index (χ3n) is 6.12. The van der Waals surface area contributed by atoms with E-state index in [9.17, 15) is 4.79 Å². The molecule has 4 rings (SSSR count). The van der Waals surface area contributed by atoms with Crippen LogP contribution in [0.5, 0.6) is 0 Å². The van der Waals surface area contributed by atoms with Crippen LogP contribution in [-0.2, 0) is 36.5 Å². The molecule has 1 aromatic carbocycles. The fraction of sp³-hybridized carbons (Fsp3) is 0.545. The van der Waals surface area contributed by atoms with Gasteiger partial charge in [-0.15, -0.1) is 0 Å². The van der Waals surface area contributed by atoms with Gasteiger partial charge < -0.3 is 21.6 Å². The number of fused-ring (bicyclic) bond motifs is 2. The molecule has 0 amide bonds. The zero-order valence-corrected chi connectivity index (χ0v) is 17.5. The molecule has 2 unspecified atom stereocenters. The van der Waals surface area contributed by atoms with Gasteiger partial charge in [0.15, 0.2) is 0 Å². The van der Waals surface area contributed by atoms with E-state index in [4.69, 9.17) is 11.5 Å². The fourth-order valence-electron chi connectivity index (χ4n) is 4.20. The number of rotatable bonds is 2. The van der Waals surface area contributed by atoms with Crippen LogP contribution >= 0.6 is 0 Å². The predicted molar refractivity (Wildman–Crippen MR) is 115 cm³/mol. The standard InChI is InChI=1S/C14H19NO.C8H14N4/c1-4-11-7-10(2)13-12(8-11)14(3,9-16)5-6-15-13;1-12-8(10)6-4-5(9)2-3-7(6)11-12/h7-9,15H,4-6H2,1-3H3;5H,2-4,9-10H2,1H3. The smallest absolute Gasteiger partial charge is 0.130 e. The first-order valence-corrected chi connectivity index (χ1v) is 10.2. The quantitative estimate of drug-likeness (QED) is 0.693. The third kappa shape index (κ3) is 3.78. The highest BCUT2D eigenvalue weighted by Crippen LogP contribution is 2.38. The number of nitrogens with one attached hydrogen (secondary N) is 1. The zero-order valence-electron chi connectivity index (χ0n) is 17.5. The Morgan fingerprint density at radius 2 is 2.18 bits per heavy atom. The minimum absolute atomic E-state index is 0.268. The molecule has 0 spiro atoms. The summed E-state index contributed by atoms with van der Waals surface area (Å²) >= 11 is 0. The molecule has 6 nitrogen and oxygen atoms in total. The molecular weight excluding hydrogens is 350 g/mol. The van der Waals surface area contributed by atoms with E-state index >= 15 is 0 Å². The number of hydrogen-bond donors (Lipinski definition) is 3. The second-order valence-corrected chi connectivity index (χ2v) is 8.34. The van der Waals surface area contributed by atoms with Gasteiger partial charge in [0, 0.05) is 30.9 Å². The molecule has 2 aromatic rings. The molecule has 0 saturated carbocycles. The number of anilines is 2. The second kappa shape index (κ2) is 7.95. The van der Waals surface area contributed by atoms with Gasteiger partial charge in [-0.3, -0.25) is 4.68 Å². The Bertz CT molecular complexity index is 872. The Morgan fingerprint density at radius 1 is 1.43 bits per heavy atom. The first-order valence-electron chi connectivity index (χ1n) is 10.2. The van der Waals surface area contributed by atoms with Gasteiger partial charge in [0.1, 0.15) is 12.1 Å². The van der Waals surface area contributed by atoms with Gasteiger partial charge in [0.25, 0.3) is 0 Å². The number of carbonyl (C=O) groups is 1. The normalized spacial score (nSPS) is 23.0. The maximum absolute atomic E-state index is 11.3. The molecule has 0 saturated heterocycles. The maximum Gasteiger partial charge on any atom is 0.130 e. The number of nitrogens with zero attached hydrogens (tertiary/aromatic N) is 2. The van der Waals surface area contributed by atoms with Crippen LogP contribution in [0, 0.1) is 6.92 Å². The minimum atomic E-state index is -0.309. The summed E-state index contributed by atoms with van der Waals surface area (Å²) in [6.07, 6.45) is 5.89. The van der Waals surface area contributed by atoms with Gasteiger partial charge in [0.2, 0.25) is 0 Å². The van der Waals surface area contributed by atoms with Crippen LogP contribution < -0.4 is 16.8 Å². The van der Waals surface area contributed by atoms with E-state index in [1.807, 2.05) is 14.0 Å². The van der Waals surface area contributed by atoms with E-state index < -0.39 is 0 Å². The molecule has 1 aromatic heterocycles. The van der Waals surface area contributed by atoms with Crippen LogP contribution in [0.25, 0.3) is 0 Å². The molecular formula is C22H33N5O. The summed E-state index contributed by atoms with van der Waals surface area (Å²) in [5.41, 5.74) is 18.6. The maximum atomic E-state index is 11.3. The second-order valence-electron chi connectivity index (χ2n) is 8.34. The fourth-order valence-corrected chi connectivity index (χ4v) is 4.20. The van der Waals surface area contributed by atoms with Crippen molar-refractivity contribution in [3.05, 3.63) is 40.1 Å². The lowest BCUT2D eigenvalue weighted by Crippen LogP contribution is -2.33. The molecule has 28 heavy (non-hydrogen) atoms. The van der Waals surface area contributed by atoms with E-state index in [-0.39, 0.29) is 11.5 Å². The summed E-state index contributed by atoms with van der Waals surface area (Å²) in [6, 6.07) is 4.66. The summed E-state index contributed by atoms with van der Waals surface area (Å²) in [5, 5.41) is 7.73. The van der Waals surface area contributed by atoms with Gasteiger partial charge in [-0.2, -0.15) is 5.10 Å². The Hall–Kier alpha value is -2.34. The topological polar surface area (TPSA) is 99.0 Å². The zero-order chi connectivity index (χ0) is 20.5. The molecule has 6 heteroatoms. The summed E-state index contributed by atoms with van der Waals surface area (Å²) in [7, 11) is 1.87. The van der Waals surface area contributed by atoms with E-state index in [0.29, 0.717) is 0 Å². The van der Waals surface area contributed by atoms with Gasteiger partial charge in [-0.25, -0.2) is 0 Å².